The minimum Gasteiger partial charge on any atom is -0.507 e. The summed E-state index contributed by atoms with van der Waals surface area (Å²) in [4.78, 5) is 2.59. The van der Waals surface area contributed by atoms with Crippen LogP contribution in [0.15, 0.2) is 29.4 Å². The molecule has 0 saturated heterocycles. The molecule has 0 aliphatic rings. The number of phenols is 1. The van der Waals surface area contributed by atoms with Crippen LogP contribution in [0.4, 0.5) is 5.69 Å². The smallest absolute Gasteiger partial charge is 0.122 e. The molecular weight excluding hydrogens is 180 g/mol. The first-order valence-electron chi connectivity index (χ1n) is 4.00. The molecule has 0 unspecified atom stereocenters. The Balaban J connectivity index is 2.79. The molecule has 0 saturated carbocycles. The number of phenolic OH excluding ortho intramolecular Hbond substituents is 1. The predicted molar refractivity (Wildman–Crippen MR) is 55.6 cm³/mol. The van der Waals surface area contributed by atoms with Crippen LogP contribution in [-0.2, 0) is 0 Å². The highest BCUT2D eigenvalue weighted by Crippen LogP contribution is 2.20. The van der Waals surface area contributed by atoms with Gasteiger partial charge in [0.15, 0.2) is 0 Å². The van der Waals surface area contributed by atoms with Crippen molar-refractivity contribution in [3.05, 3.63) is 40.3 Å². The molecule has 1 aromatic carbocycles. The van der Waals surface area contributed by atoms with Gasteiger partial charge < -0.3 is 10.8 Å². The summed E-state index contributed by atoms with van der Waals surface area (Å²) in [5, 5.41) is 12.7. The third-order valence-electron chi connectivity index (χ3n) is 1.60. The standard InChI is InChI=1S/C9H10N4O/c10-8-3-4-9(14)7(6-8)2-1-5-12-13-11/h1-4,6,14H,5,10H2. The molecule has 0 spiro atoms. The van der Waals surface area contributed by atoms with Gasteiger partial charge in [-0.05, 0) is 23.7 Å². The Morgan fingerprint density at radius 2 is 2.36 bits per heavy atom. The van der Waals surface area contributed by atoms with E-state index >= 15 is 0 Å². The first kappa shape index (κ1) is 9.95. The lowest BCUT2D eigenvalue weighted by Gasteiger charge is -1.99. The van der Waals surface area contributed by atoms with E-state index in [0.717, 1.165) is 0 Å². The molecule has 0 aromatic heterocycles. The molecule has 14 heavy (non-hydrogen) atoms. The summed E-state index contributed by atoms with van der Waals surface area (Å²) in [6.45, 7) is 0.255. The van der Waals surface area contributed by atoms with E-state index in [0.29, 0.717) is 11.3 Å². The number of anilines is 1. The van der Waals surface area contributed by atoms with E-state index in [1.807, 2.05) is 0 Å². The molecule has 0 bridgehead atoms. The molecule has 0 atom stereocenters. The summed E-state index contributed by atoms with van der Waals surface area (Å²) in [5.41, 5.74) is 14.7. The van der Waals surface area contributed by atoms with Gasteiger partial charge in [-0.2, -0.15) is 0 Å². The van der Waals surface area contributed by atoms with Crippen molar-refractivity contribution >= 4 is 11.8 Å². The van der Waals surface area contributed by atoms with Gasteiger partial charge in [-0.25, -0.2) is 0 Å². The number of aromatic hydroxyl groups is 1. The largest absolute Gasteiger partial charge is 0.507 e. The van der Waals surface area contributed by atoms with E-state index < -0.39 is 0 Å². The van der Waals surface area contributed by atoms with Crippen molar-refractivity contribution in [1.82, 2.24) is 0 Å². The van der Waals surface area contributed by atoms with Crippen LogP contribution in [-0.4, -0.2) is 11.7 Å². The Kier molecular flexibility index (Phi) is 3.41. The van der Waals surface area contributed by atoms with E-state index in [1.54, 1.807) is 24.3 Å². The van der Waals surface area contributed by atoms with Crippen molar-refractivity contribution < 1.29 is 5.11 Å². The summed E-state index contributed by atoms with van der Waals surface area (Å²) in [6.07, 6.45) is 3.30. The molecule has 72 valence electrons. The summed E-state index contributed by atoms with van der Waals surface area (Å²) in [5.74, 6) is 0.149. The number of hydrogen-bond acceptors (Lipinski definition) is 3. The van der Waals surface area contributed by atoms with Crippen LogP contribution in [0.5, 0.6) is 5.75 Å². The number of benzene rings is 1. The van der Waals surface area contributed by atoms with E-state index in [9.17, 15) is 5.11 Å². The first-order valence-corrected chi connectivity index (χ1v) is 4.00. The van der Waals surface area contributed by atoms with E-state index in [1.165, 1.54) is 6.07 Å². The van der Waals surface area contributed by atoms with E-state index in [-0.39, 0.29) is 12.3 Å². The zero-order valence-electron chi connectivity index (χ0n) is 7.46. The van der Waals surface area contributed by atoms with E-state index in [2.05, 4.69) is 10.0 Å². The van der Waals surface area contributed by atoms with Gasteiger partial charge in [0.2, 0.25) is 0 Å². The second-order valence-electron chi connectivity index (χ2n) is 2.63. The lowest BCUT2D eigenvalue weighted by molar-refractivity contribution is 0.474. The van der Waals surface area contributed by atoms with Gasteiger partial charge in [-0.15, -0.1) is 0 Å². The van der Waals surface area contributed by atoms with Gasteiger partial charge in [-0.1, -0.05) is 17.3 Å². The molecular formula is C9H10N4O. The lowest BCUT2D eigenvalue weighted by atomic mass is 10.1. The van der Waals surface area contributed by atoms with Crippen LogP contribution in [0.2, 0.25) is 0 Å². The van der Waals surface area contributed by atoms with Crippen molar-refractivity contribution in [3.8, 4) is 5.75 Å². The molecule has 3 N–H and O–H groups in total. The number of rotatable bonds is 3. The fraction of sp³-hybridized carbons (Fsp3) is 0.111. The highest BCUT2D eigenvalue weighted by Gasteiger charge is 1.96. The third-order valence-corrected chi connectivity index (χ3v) is 1.60. The third kappa shape index (κ3) is 2.73. The summed E-state index contributed by atoms with van der Waals surface area (Å²) >= 11 is 0. The average Bonchev–Trinajstić information content (AvgIpc) is 2.18. The Morgan fingerprint density at radius 1 is 1.57 bits per heavy atom. The molecule has 0 radical (unpaired) electrons. The Bertz CT molecular complexity index is 394. The van der Waals surface area contributed by atoms with Crippen molar-refractivity contribution in [3.63, 3.8) is 0 Å². The molecule has 0 aliphatic heterocycles. The first-order chi connectivity index (χ1) is 6.74. The molecule has 0 amide bonds. The topological polar surface area (TPSA) is 95.0 Å². The Labute approximate surface area is 81.1 Å². The van der Waals surface area contributed by atoms with Crippen LogP contribution in [0, 0.1) is 0 Å². The van der Waals surface area contributed by atoms with Crippen molar-refractivity contribution in [2.45, 2.75) is 0 Å². The average molecular weight is 190 g/mol. The van der Waals surface area contributed by atoms with Crippen LogP contribution in [0.3, 0.4) is 0 Å². The Hall–Kier alpha value is -2.13. The quantitative estimate of drug-likeness (QED) is 0.251. The van der Waals surface area contributed by atoms with Crippen LogP contribution >= 0.6 is 0 Å². The highest BCUT2D eigenvalue weighted by atomic mass is 16.3. The summed E-state index contributed by atoms with van der Waals surface area (Å²) in [7, 11) is 0. The van der Waals surface area contributed by atoms with Crippen LogP contribution in [0.1, 0.15) is 5.56 Å². The number of nitrogen functional groups attached to an aromatic ring is 1. The van der Waals surface area contributed by atoms with Crippen LogP contribution in [0.25, 0.3) is 16.5 Å². The zero-order chi connectivity index (χ0) is 10.4. The van der Waals surface area contributed by atoms with Gasteiger partial charge in [0.25, 0.3) is 0 Å². The number of hydrogen-bond donors (Lipinski definition) is 2. The number of nitrogens with zero attached hydrogens (tertiary/aromatic N) is 3. The van der Waals surface area contributed by atoms with Crippen LogP contribution < -0.4 is 5.73 Å². The molecule has 0 aliphatic carbocycles. The Morgan fingerprint density at radius 3 is 3.07 bits per heavy atom. The summed E-state index contributed by atoms with van der Waals surface area (Å²) < 4.78 is 0. The van der Waals surface area contributed by atoms with Crippen molar-refractivity contribution in [2.75, 3.05) is 12.3 Å². The fourth-order valence-electron chi connectivity index (χ4n) is 0.970. The number of azide groups is 1. The fourth-order valence-corrected chi connectivity index (χ4v) is 0.970. The second-order valence-corrected chi connectivity index (χ2v) is 2.63. The minimum absolute atomic E-state index is 0.149. The normalized spacial score (nSPS) is 10.0. The lowest BCUT2D eigenvalue weighted by Crippen LogP contribution is -1.85. The molecule has 5 heteroatoms. The van der Waals surface area contributed by atoms with Gasteiger partial charge in [0.1, 0.15) is 5.75 Å². The number of nitrogens with two attached hydrogens (primary N) is 1. The maximum absolute atomic E-state index is 9.38. The molecule has 1 rings (SSSR count). The van der Waals surface area contributed by atoms with Gasteiger partial charge in [0, 0.05) is 22.7 Å². The molecule has 5 nitrogen and oxygen atoms in total. The second kappa shape index (κ2) is 4.79. The van der Waals surface area contributed by atoms with Gasteiger partial charge in [0.05, 0.1) is 0 Å². The summed E-state index contributed by atoms with van der Waals surface area (Å²) in [6, 6.07) is 4.77. The molecule has 0 heterocycles. The van der Waals surface area contributed by atoms with E-state index in [4.69, 9.17) is 11.3 Å². The van der Waals surface area contributed by atoms with Gasteiger partial charge in [-0.3, -0.25) is 0 Å². The predicted octanol–water partition coefficient (Wildman–Crippen LogP) is 2.30. The SMILES string of the molecule is [N-]=[N+]=NCC=Cc1cc(N)ccc1O. The van der Waals surface area contributed by atoms with Crippen molar-refractivity contribution in [2.24, 2.45) is 5.11 Å². The van der Waals surface area contributed by atoms with Gasteiger partial charge >= 0.3 is 0 Å². The molecule has 1 aromatic rings. The molecule has 0 fully saturated rings. The van der Waals surface area contributed by atoms with Crippen molar-refractivity contribution in [1.29, 1.82) is 0 Å². The maximum Gasteiger partial charge on any atom is 0.122 e. The highest BCUT2D eigenvalue weighted by molar-refractivity contribution is 5.62. The zero-order valence-corrected chi connectivity index (χ0v) is 7.46. The minimum atomic E-state index is 0.149. The monoisotopic (exact) mass is 190 g/mol. The maximum atomic E-state index is 9.38.